The van der Waals surface area contributed by atoms with Crippen LogP contribution in [-0.2, 0) is 0 Å². The highest BCUT2D eigenvalue weighted by Gasteiger charge is 2.15. The largest absolute Gasteiger partial charge is 0.340 e. The van der Waals surface area contributed by atoms with Crippen LogP contribution < -0.4 is 5.32 Å². The summed E-state index contributed by atoms with van der Waals surface area (Å²) in [4.78, 5) is 12.3. The summed E-state index contributed by atoms with van der Waals surface area (Å²) < 4.78 is 4.65. The minimum atomic E-state index is -0.132. The number of hydrogen-bond donors (Lipinski definition) is 1. The molecular formula is C14H19BrN4O. The lowest BCUT2D eigenvalue weighted by atomic mass is 10.3. The van der Waals surface area contributed by atoms with Gasteiger partial charge < -0.3 is 9.88 Å². The third-order valence-corrected chi connectivity index (χ3v) is 3.43. The molecule has 0 aromatic carbocycles. The molecule has 5 nitrogen and oxygen atoms in total. The van der Waals surface area contributed by atoms with Crippen LogP contribution in [0.4, 0.5) is 5.69 Å². The smallest absolute Gasteiger partial charge is 0.272 e. The van der Waals surface area contributed by atoms with E-state index in [2.05, 4.69) is 26.3 Å². The number of carbonyl (C=O) groups is 1. The first-order chi connectivity index (χ1) is 9.38. The van der Waals surface area contributed by atoms with Crippen LogP contribution in [0.1, 0.15) is 50.3 Å². The van der Waals surface area contributed by atoms with E-state index in [0.29, 0.717) is 11.4 Å². The van der Waals surface area contributed by atoms with Crippen LogP contribution in [0.3, 0.4) is 0 Å². The molecule has 0 radical (unpaired) electrons. The monoisotopic (exact) mass is 338 g/mol. The number of rotatable bonds is 4. The van der Waals surface area contributed by atoms with Crippen LogP contribution in [0.5, 0.6) is 0 Å². The molecule has 2 aromatic heterocycles. The third kappa shape index (κ3) is 3.12. The second kappa shape index (κ2) is 5.83. The van der Waals surface area contributed by atoms with Crippen molar-refractivity contribution >= 4 is 27.5 Å². The normalized spacial score (nSPS) is 11.3. The number of anilines is 1. The van der Waals surface area contributed by atoms with Crippen molar-refractivity contribution in [3.8, 4) is 0 Å². The molecule has 0 spiro atoms. The van der Waals surface area contributed by atoms with Crippen molar-refractivity contribution in [2.75, 3.05) is 5.32 Å². The highest BCUT2D eigenvalue weighted by Crippen LogP contribution is 2.20. The lowest BCUT2D eigenvalue weighted by Crippen LogP contribution is -2.17. The first-order valence-corrected chi connectivity index (χ1v) is 7.40. The summed E-state index contributed by atoms with van der Waals surface area (Å²) in [6.45, 7) is 8.17. The van der Waals surface area contributed by atoms with Crippen LogP contribution >= 0.6 is 15.9 Å². The number of nitrogens with zero attached hydrogens (tertiary/aromatic N) is 3. The molecule has 0 bridgehead atoms. The Morgan fingerprint density at radius 3 is 2.50 bits per heavy atom. The third-order valence-electron chi connectivity index (χ3n) is 2.99. The lowest BCUT2D eigenvalue weighted by Gasteiger charge is -2.12. The molecular weight excluding hydrogens is 320 g/mol. The van der Waals surface area contributed by atoms with Gasteiger partial charge in [0.15, 0.2) is 0 Å². The molecule has 2 aromatic rings. The van der Waals surface area contributed by atoms with Gasteiger partial charge in [-0.1, -0.05) is 0 Å². The van der Waals surface area contributed by atoms with Gasteiger partial charge in [0.2, 0.25) is 0 Å². The molecule has 0 fully saturated rings. The Morgan fingerprint density at radius 1 is 1.25 bits per heavy atom. The molecule has 6 heteroatoms. The summed E-state index contributed by atoms with van der Waals surface area (Å²) in [6.07, 6.45) is 5.41. The number of halogens is 1. The quantitative estimate of drug-likeness (QED) is 0.920. The molecule has 0 saturated carbocycles. The average molecular weight is 339 g/mol. The summed E-state index contributed by atoms with van der Waals surface area (Å²) in [6, 6.07) is 2.32. The summed E-state index contributed by atoms with van der Waals surface area (Å²) in [7, 11) is 0. The van der Waals surface area contributed by atoms with E-state index in [4.69, 9.17) is 0 Å². The molecule has 0 saturated heterocycles. The van der Waals surface area contributed by atoms with Gasteiger partial charge in [-0.3, -0.25) is 9.48 Å². The molecule has 20 heavy (non-hydrogen) atoms. The zero-order valence-corrected chi connectivity index (χ0v) is 13.7. The van der Waals surface area contributed by atoms with Gasteiger partial charge in [0.05, 0.1) is 11.9 Å². The number of hydrogen-bond acceptors (Lipinski definition) is 2. The zero-order valence-electron chi connectivity index (χ0n) is 12.1. The van der Waals surface area contributed by atoms with Gasteiger partial charge in [-0.25, -0.2) is 0 Å². The Balaban J connectivity index is 2.19. The van der Waals surface area contributed by atoms with Crippen molar-refractivity contribution in [1.29, 1.82) is 0 Å². The predicted molar refractivity (Wildman–Crippen MR) is 83.1 cm³/mol. The van der Waals surface area contributed by atoms with Gasteiger partial charge in [-0.05, 0) is 49.7 Å². The number of nitrogens with one attached hydrogen (secondary N) is 1. The van der Waals surface area contributed by atoms with Crippen molar-refractivity contribution < 1.29 is 4.79 Å². The van der Waals surface area contributed by atoms with Gasteiger partial charge in [0.1, 0.15) is 5.69 Å². The maximum atomic E-state index is 12.3. The maximum absolute atomic E-state index is 12.3. The highest BCUT2D eigenvalue weighted by atomic mass is 79.9. The van der Waals surface area contributed by atoms with E-state index in [1.807, 2.05) is 55.4 Å². The van der Waals surface area contributed by atoms with Crippen molar-refractivity contribution in [3.05, 3.63) is 34.8 Å². The molecule has 2 heterocycles. The van der Waals surface area contributed by atoms with Gasteiger partial charge in [-0.2, -0.15) is 5.10 Å². The molecule has 108 valence electrons. The molecule has 1 amide bonds. The van der Waals surface area contributed by atoms with E-state index in [1.54, 1.807) is 6.20 Å². The number of carbonyl (C=O) groups excluding carboxylic acids is 1. The summed E-state index contributed by atoms with van der Waals surface area (Å²) >= 11 is 3.41. The minimum Gasteiger partial charge on any atom is -0.340 e. The van der Waals surface area contributed by atoms with Crippen LogP contribution in [0.2, 0.25) is 0 Å². The van der Waals surface area contributed by atoms with Crippen molar-refractivity contribution in [2.24, 2.45) is 0 Å². The highest BCUT2D eigenvalue weighted by molar-refractivity contribution is 9.10. The van der Waals surface area contributed by atoms with Crippen LogP contribution in [-0.4, -0.2) is 20.3 Å². The van der Waals surface area contributed by atoms with Crippen molar-refractivity contribution in [2.45, 2.75) is 39.8 Å². The topological polar surface area (TPSA) is 51.9 Å². The van der Waals surface area contributed by atoms with E-state index in [1.165, 1.54) is 0 Å². The maximum Gasteiger partial charge on any atom is 0.272 e. The van der Waals surface area contributed by atoms with E-state index in [0.717, 1.165) is 4.47 Å². The minimum absolute atomic E-state index is 0.132. The van der Waals surface area contributed by atoms with Crippen molar-refractivity contribution in [1.82, 2.24) is 14.3 Å². The predicted octanol–water partition coefficient (Wildman–Crippen LogP) is 3.86. The van der Waals surface area contributed by atoms with E-state index >= 15 is 0 Å². The fraction of sp³-hybridized carbons (Fsp3) is 0.429. The van der Waals surface area contributed by atoms with Gasteiger partial charge >= 0.3 is 0 Å². The Labute approximate surface area is 127 Å². The fourth-order valence-corrected chi connectivity index (χ4v) is 2.37. The summed E-state index contributed by atoms with van der Waals surface area (Å²) in [5.74, 6) is -0.132. The summed E-state index contributed by atoms with van der Waals surface area (Å²) in [5, 5.41) is 7.09. The standard InChI is InChI=1S/C14H19BrN4O/c1-9(2)18-7-11(15)5-13(18)14(20)17-12-6-16-19(8-12)10(3)4/h5-10H,1-4H3,(H,17,20). The van der Waals surface area contributed by atoms with Gasteiger partial charge in [-0.15, -0.1) is 0 Å². The first kappa shape index (κ1) is 14.8. The molecule has 0 atom stereocenters. The molecule has 0 aliphatic carbocycles. The van der Waals surface area contributed by atoms with E-state index < -0.39 is 0 Å². The summed E-state index contributed by atoms with van der Waals surface area (Å²) in [5.41, 5.74) is 1.33. The Kier molecular flexibility index (Phi) is 4.32. The van der Waals surface area contributed by atoms with Crippen LogP contribution in [0, 0.1) is 0 Å². The van der Waals surface area contributed by atoms with E-state index in [-0.39, 0.29) is 18.0 Å². The van der Waals surface area contributed by atoms with Gasteiger partial charge in [0, 0.05) is 29.0 Å². The molecule has 2 rings (SSSR count). The SMILES string of the molecule is CC(C)n1cc(NC(=O)c2cc(Br)cn2C(C)C)cn1. The molecule has 0 aliphatic rings. The molecule has 0 unspecified atom stereocenters. The fourth-order valence-electron chi connectivity index (χ4n) is 1.93. The lowest BCUT2D eigenvalue weighted by molar-refractivity contribution is 0.101. The van der Waals surface area contributed by atoms with Gasteiger partial charge in [0.25, 0.3) is 5.91 Å². The first-order valence-electron chi connectivity index (χ1n) is 6.61. The van der Waals surface area contributed by atoms with Crippen molar-refractivity contribution in [3.63, 3.8) is 0 Å². The van der Waals surface area contributed by atoms with Crippen LogP contribution in [0.15, 0.2) is 29.1 Å². The second-order valence-corrected chi connectivity index (χ2v) is 6.22. The Morgan fingerprint density at radius 2 is 1.95 bits per heavy atom. The average Bonchev–Trinajstić information content (AvgIpc) is 2.95. The zero-order chi connectivity index (χ0) is 14.9. The second-order valence-electron chi connectivity index (χ2n) is 5.30. The van der Waals surface area contributed by atoms with E-state index in [9.17, 15) is 4.79 Å². The Hall–Kier alpha value is -1.56. The molecule has 0 aliphatic heterocycles. The number of aromatic nitrogens is 3. The molecule has 1 N–H and O–H groups in total. The Bertz CT molecular complexity index is 612. The van der Waals surface area contributed by atoms with Crippen LogP contribution in [0.25, 0.3) is 0 Å². The number of amides is 1.